The molecule has 0 saturated heterocycles. The zero-order chi connectivity index (χ0) is 13.2. The van der Waals surface area contributed by atoms with Gasteiger partial charge in [0.25, 0.3) is 0 Å². The minimum Gasteiger partial charge on any atom is -0.438 e. The fourth-order valence-electron chi connectivity index (χ4n) is 4.58. The van der Waals surface area contributed by atoms with E-state index in [2.05, 4.69) is 0 Å². The first-order valence-electron chi connectivity index (χ1n) is 7.52. The van der Waals surface area contributed by atoms with Crippen molar-refractivity contribution >= 4 is 17.7 Å². The molecule has 0 aliphatic heterocycles. The lowest BCUT2D eigenvalue weighted by molar-refractivity contribution is -0.186. The van der Waals surface area contributed by atoms with Crippen molar-refractivity contribution in [3.8, 4) is 0 Å². The van der Waals surface area contributed by atoms with E-state index >= 15 is 0 Å². The predicted octanol–water partition coefficient (Wildman–Crippen LogP) is 3.08. The van der Waals surface area contributed by atoms with Gasteiger partial charge in [0.15, 0.2) is 6.79 Å². The van der Waals surface area contributed by atoms with E-state index in [0.717, 1.165) is 29.4 Å². The molecule has 0 aromatic rings. The summed E-state index contributed by atoms with van der Waals surface area (Å²) in [6.45, 7) is 0.167. The molecule has 0 heterocycles. The highest BCUT2D eigenvalue weighted by Gasteiger charge is 2.48. The van der Waals surface area contributed by atoms with Gasteiger partial charge < -0.3 is 9.47 Å². The molecule has 0 N–H and O–H groups in total. The van der Waals surface area contributed by atoms with Gasteiger partial charge in [0, 0.05) is 5.75 Å². The zero-order valence-electron chi connectivity index (χ0n) is 11.7. The summed E-state index contributed by atoms with van der Waals surface area (Å²) >= 11 is 1.67. The summed E-state index contributed by atoms with van der Waals surface area (Å²) in [6, 6.07) is 0. The number of thioether (sulfide) groups is 1. The van der Waals surface area contributed by atoms with Crippen LogP contribution in [0.5, 0.6) is 0 Å². The highest BCUT2D eigenvalue weighted by molar-refractivity contribution is 7.98. The highest BCUT2D eigenvalue weighted by Crippen LogP contribution is 2.54. The maximum absolute atomic E-state index is 11.4. The van der Waals surface area contributed by atoms with Crippen LogP contribution >= 0.6 is 11.8 Å². The van der Waals surface area contributed by atoms with Gasteiger partial charge in [0.05, 0.1) is 12.5 Å². The first-order valence-corrected chi connectivity index (χ1v) is 8.91. The number of ether oxygens (including phenoxy) is 2. The molecule has 0 spiro atoms. The summed E-state index contributed by atoms with van der Waals surface area (Å²) in [5.41, 5.74) is 0. The Kier molecular flexibility index (Phi) is 4.37. The summed E-state index contributed by atoms with van der Waals surface area (Å²) in [5.74, 6) is 4.11. The molecule has 0 radical (unpaired) electrons. The second-order valence-corrected chi connectivity index (χ2v) is 7.42. The van der Waals surface area contributed by atoms with Crippen LogP contribution in [-0.2, 0) is 14.3 Å². The lowest BCUT2D eigenvalue weighted by Crippen LogP contribution is -2.49. The highest BCUT2D eigenvalue weighted by atomic mass is 32.2. The fraction of sp³-hybridized carbons (Fsp3) is 0.933. The molecule has 0 unspecified atom stereocenters. The largest absolute Gasteiger partial charge is 0.438 e. The first kappa shape index (κ1) is 13.7. The van der Waals surface area contributed by atoms with E-state index in [4.69, 9.17) is 9.47 Å². The molecule has 0 amide bonds. The van der Waals surface area contributed by atoms with Crippen LogP contribution in [0.4, 0.5) is 0 Å². The van der Waals surface area contributed by atoms with Crippen molar-refractivity contribution in [3.05, 3.63) is 0 Å². The van der Waals surface area contributed by atoms with Gasteiger partial charge in [-0.15, -0.1) is 0 Å². The minimum absolute atomic E-state index is 0.127. The Morgan fingerprint density at radius 2 is 1.74 bits per heavy atom. The quantitative estimate of drug-likeness (QED) is 0.554. The third-order valence-electron chi connectivity index (χ3n) is 5.13. The zero-order valence-corrected chi connectivity index (χ0v) is 12.5. The number of hydrogen-bond acceptors (Lipinski definition) is 4. The Bertz CT molecular complexity index is 303. The Morgan fingerprint density at radius 1 is 1.11 bits per heavy atom. The van der Waals surface area contributed by atoms with Crippen LogP contribution < -0.4 is 0 Å². The van der Waals surface area contributed by atoms with Crippen LogP contribution in [0.15, 0.2) is 0 Å². The SMILES string of the molecule is CSCCC(=O)OCOC1C2CC3CC(C2)CC1C3. The van der Waals surface area contributed by atoms with Crippen molar-refractivity contribution in [2.45, 2.75) is 44.6 Å². The van der Waals surface area contributed by atoms with Gasteiger partial charge in [-0.2, -0.15) is 11.8 Å². The van der Waals surface area contributed by atoms with Crippen LogP contribution in [-0.4, -0.2) is 30.9 Å². The van der Waals surface area contributed by atoms with Crippen molar-refractivity contribution < 1.29 is 14.3 Å². The van der Waals surface area contributed by atoms with Crippen LogP contribution in [0.2, 0.25) is 0 Å². The molecular weight excluding hydrogens is 260 g/mol. The van der Waals surface area contributed by atoms with Crippen molar-refractivity contribution in [3.63, 3.8) is 0 Å². The Balaban J connectivity index is 1.42. The Hall–Kier alpha value is -0.220. The Morgan fingerprint density at radius 3 is 2.32 bits per heavy atom. The average Bonchev–Trinajstić information content (AvgIpc) is 2.38. The molecule has 0 aromatic carbocycles. The maximum Gasteiger partial charge on any atom is 0.308 e. The number of carbonyl (C=O) groups is 1. The third-order valence-corrected chi connectivity index (χ3v) is 5.74. The van der Waals surface area contributed by atoms with Crippen LogP contribution in [0.1, 0.15) is 38.5 Å². The van der Waals surface area contributed by atoms with Crippen molar-refractivity contribution in [2.24, 2.45) is 23.7 Å². The van der Waals surface area contributed by atoms with Gasteiger partial charge in [0.2, 0.25) is 0 Å². The fourth-order valence-corrected chi connectivity index (χ4v) is 4.95. The van der Waals surface area contributed by atoms with Crippen molar-refractivity contribution in [2.75, 3.05) is 18.8 Å². The van der Waals surface area contributed by atoms with Crippen molar-refractivity contribution in [1.29, 1.82) is 0 Å². The summed E-state index contributed by atoms with van der Waals surface area (Å²) in [4.78, 5) is 11.4. The van der Waals surface area contributed by atoms with Crippen LogP contribution in [0, 0.1) is 23.7 Å². The third kappa shape index (κ3) is 3.10. The first-order chi connectivity index (χ1) is 9.26. The van der Waals surface area contributed by atoms with Gasteiger partial charge in [-0.25, -0.2) is 0 Å². The molecule has 4 aliphatic rings. The second-order valence-electron chi connectivity index (χ2n) is 6.44. The normalized spacial score (nSPS) is 39.5. The topological polar surface area (TPSA) is 35.5 Å². The van der Waals surface area contributed by atoms with Gasteiger partial charge in [-0.3, -0.25) is 4.79 Å². The molecule has 108 valence electrons. The molecule has 4 saturated carbocycles. The molecule has 4 bridgehead atoms. The average molecular weight is 284 g/mol. The van der Waals surface area contributed by atoms with E-state index in [1.54, 1.807) is 11.8 Å². The van der Waals surface area contributed by atoms with Crippen LogP contribution in [0.25, 0.3) is 0 Å². The number of carbonyl (C=O) groups excluding carboxylic acids is 1. The summed E-state index contributed by atoms with van der Waals surface area (Å²) < 4.78 is 11.1. The van der Waals surface area contributed by atoms with Crippen molar-refractivity contribution in [1.82, 2.24) is 0 Å². The van der Waals surface area contributed by atoms with E-state index in [1.165, 1.54) is 32.1 Å². The summed E-state index contributed by atoms with van der Waals surface area (Å²) in [5, 5.41) is 0. The molecule has 4 aliphatic carbocycles. The van der Waals surface area contributed by atoms with E-state index in [1.807, 2.05) is 6.26 Å². The molecule has 4 rings (SSSR count). The second kappa shape index (κ2) is 6.04. The van der Waals surface area contributed by atoms with E-state index in [0.29, 0.717) is 12.5 Å². The standard InChI is InChI=1S/C15H24O3S/c1-19-3-2-14(16)17-9-18-15-12-5-10-4-11(7-12)8-13(15)6-10/h10-13,15H,2-9H2,1H3. The number of esters is 1. The van der Waals surface area contributed by atoms with Gasteiger partial charge >= 0.3 is 5.97 Å². The molecule has 4 fully saturated rings. The lowest BCUT2D eigenvalue weighted by atomic mass is 9.55. The molecular formula is C15H24O3S. The number of rotatable bonds is 6. The van der Waals surface area contributed by atoms with E-state index < -0.39 is 0 Å². The molecule has 0 aromatic heterocycles. The molecule has 19 heavy (non-hydrogen) atoms. The van der Waals surface area contributed by atoms with Crippen LogP contribution in [0.3, 0.4) is 0 Å². The van der Waals surface area contributed by atoms with Gasteiger partial charge in [0.1, 0.15) is 0 Å². The Labute approximate surface area is 119 Å². The molecule has 0 atom stereocenters. The number of hydrogen-bond donors (Lipinski definition) is 0. The smallest absolute Gasteiger partial charge is 0.308 e. The summed E-state index contributed by atoms with van der Waals surface area (Å²) in [7, 11) is 0. The monoisotopic (exact) mass is 284 g/mol. The van der Waals surface area contributed by atoms with Gasteiger partial charge in [-0.05, 0) is 62.0 Å². The van der Waals surface area contributed by atoms with E-state index in [9.17, 15) is 4.79 Å². The summed E-state index contributed by atoms with van der Waals surface area (Å²) in [6.07, 6.45) is 9.70. The van der Waals surface area contributed by atoms with E-state index in [-0.39, 0.29) is 12.8 Å². The molecule has 4 heteroatoms. The predicted molar refractivity (Wildman–Crippen MR) is 75.9 cm³/mol. The van der Waals surface area contributed by atoms with Gasteiger partial charge in [-0.1, -0.05) is 0 Å². The maximum atomic E-state index is 11.4. The molecule has 3 nitrogen and oxygen atoms in total. The minimum atomic E-state index is -0.127. The lowest BCUT2D eigenvalue weighted by Gasteiger charge is -2.53.